The van der Waals surface area contributed by atoms with Crippen LogP contribution in [0.5, 0.6) is 0 Å². The van der Waals surface area contributed by atoms with Crippen molar-refractivity contribution in [1.82, 2.24) is 10.3 Å². The van der Waals surface area contributed by atoms with Crippen molar-refractivity contribution >= 4 is 33.2 Å². The van der Waals surface area contributed by atoms with Gasteiger partial charge in [-0.1, -0.05) is 23.7 Å². The fraction of sp³-hybridized carbons (Fsp3) is 0.217. The molecule has 192 valence electrons. The van der Waals surface area contributed by atoms with Crippen LogP contribution in [-0.4, -0.2) is 25.6 Å². The van der Waals surface area contributed by atoms with Gasteiger partial charge >= 0.3 is 6.18 Å². The lowest BCUT2D eigenvalue weighted by Crippen LogP contribution is -2.28. The quantitative estimate of drug-likeness (QED) is 0.383. The summed E-state index contributed by atoms with van der Waals surface area (Å²) in [6, 6.07) is 8.76. The Kier molecular flexibility index (Phi) is 7.89. The molecule has 0 aliphatic rings. The summed E-state index contributed by atoms with van der Waals surface area (Å²) in [7, 11) is -3.71. The molecular weight excluding hydrogens is 529 g/mol. The fourth-order valence-corrected chi connectivity index (χ4v) is 4.00. The van der Waals surface area contributed by atoms with Gasteiger partial charge < -0.3 is 5.32 Å². The molecule has 1 atom stereocenters. The highest BCUT2D eigenvalue weighted by atomic mass is 35.5. The number of pyridine rings is 1. The van der Waals surface area contributed by atoms with Crippen molar-refractivity contribution in [2.24, 2.45) is 0 Å². The van der Waals surface area contributed by atoms with Gasteiger partial charge in [0.2, 0.25) is 15.9 Å². The van der Waals surface area contributed by atoms with E-state index in [1.165, 1.54) is 25.1 Å². The first-order valence-electron chi connectivity index (χ1n) is 10.2. The minimum absolute atomic E-state index is 0.112. The largest absolute Gasteiger partial charge is 0.433 e. The lowest BCUT2D eigenvalue weighted by molar-refractivity contribution is -0.141. The van der Waals surface area contributed by atoms with Crippen LogP contribution < -0.4 is 10.0 Å². The fourth-order valence-electron chi connectivity index (χ4n) is 3.25. The zero-order valence-electron chi connectivity index (χ0n) is 18.8. The molecule has 3 aromatic rings. The van der Waals surface area contributed by atoms with Crippen LogP contribution in [0.3, 0.4) is 0 Å². The zero-order chi connectivity index (χ0) is 26.8. The lowest BCUT2D eigenvalue weighted by Gasteiger charge is -2.16. The molecule has 1 amide bonds. The van der Waals surface area contributed by atoms with Crippen LogP contribution in [0.4, 0.5) is 27.6 Å². The molecule has 1 aromatic heterocycles. The van der Waals surface area contributed by atoms with E-state index in [1.54, 1.807) is 0 Å². The molecule has 0 fully saturated rings. The van der Waals surface area contributed by atoms with Gasteiger partial charge in [0.15, 0.2) is 0 Å². The van der Waals surface area contributed by atoms with Crippen LogP contribution in [0.2, 0.25) is 5.02 Å². The van der Waals surface area contributed by atoms with Crippen molar-refractivity contribution in [3.8, 4) is 11.3 Å². The number of hydrogen-bond donors (Lipinski definition) is 2. The van der Waals surface area contributed by atoms with Gasteiger partial charge in [0.05, 0.1) is 28.6 Å². The first-order valence-corrected chi connectivity index (χ1v) is 12.5. The highest BCUT2D eigenvalue weighted by molar-refractivity contribution is 7.92. The molecule has 2 aromatic carbocycles. The van der Waals surface area contributed by atoms with Gasteiger partial charge in [0.25, 0.3) is 0 Å². The number of rotatable bonds is 7. The van der Waals surface area contributed by atoms with E-state index in [1.807, 2.05) is 4.72 Å². The summed E-state index contributed by atoms with van der Waals surface area (Å²) in [6.45, 7) is 1.23. The third-order valence-electron chi connectivity index (χ3n) is 5.10. The molecule has 3 rings (SSSR count). The van der Waals surface area contributed by atoms with Crippen LogP contribution in [0, 0.1) is 11.6 Å². The van der Waals surface area contributed by atoms with E-state index in [9.17, 15) is 35.2 Å². The normalized spacial score (nSPS) is 12.8. The predicted molar refractivity (Wildman–Crippen MR) is 125 cm³/mol. The van der Waals surface area contributed by atoms with E-state index in [2.05, 4.69) is 10.3 Å². The summed E-state index contributed by atoms with van der Waals surface area (Å²) in [4.78, 5) is 16.4. The summed E-state index contributed by atoms with van der Waals surface area (Å²) >= 11 is 5.78. The lowest BCUT2D eigenvalue weighted by atomic mass is 9.99. The van der Waals surface area contributed by atoms with Gasteiger partial charge in [0, 0.05) is 12.1 Å². The van der Waals surface area contributed by atoms with Crippen LogP contribution in [-0.2, 0) is 27.5 Å². The number of carbonyl (C=O) groups excluding carboxylic acids is 1. The topological polar surface area (TPSA) is 88.2 Å². The van der Waals surface area contributed by atoms with Gasteiger partial charge in [-0.3, -0.25) is 9.52 Å². The number of amides is 1. The Balaban J connectivity index is 1.84. The maximum atomic E-state index is 14.3. The second-order valence-electron chi connectivity index (χ2n) is 7.88. The van der Waals surface area contributed by atoms with E-state index in [0.29, 0.717) is 0 Å². The Morgan fingerprint density at radius 2 is 1.75 bits per heavy atom. The number of aromatic nitrogens is 1. The number of alkyl halides is 3. The molecule has 0 saturated heterocycles. The van der Waals surface area contributed by atoms with Crippen molar-refractivity contribution in [1.29, 1.82) is 0 Å². The summed E-state index contributed by atoms with van der Waals surface area (Å²) in [5.41, 5.74) is -1.07. The van der Waals surface area contributed by atoms with E-state index < -0.39 is 45.4 Å². The van der Waals surface area contributed by atoms with Crippen molar-refractivity contribution < 1.29 is 35.2 Å². The number of benzene rings is 2. The van der Waals surface area contributed by atoms with Crippen LogP contribution >= 0.6 is 11.6 Å². The Labute approximate surface area is 208 Å². The van der Waals surface area contributed by atoms with Crippen LogP contribution in [0.1, 0.15) is 29.7 Å². The highest BCUT2D eigenvalue weighted by Gasteiger charge is 2.33. The molecule has 1 heterocycles. The highest BCUT2D eigenvalue weighted by Crippen LogP contribution is 2.32. The maximum absolute atomic E-state index is 14.3. The number of nitrogens with zero attached hydrogens (tertiary/aromatic N) is 1. The SMILES string of the molecule is C[C@H](C(=O)NCc1ccc(C(F)(F)F)nc1-c1ccc(F)c(Cl)c1)c1ccc(NS(C)(=O)=O)c(F)c1. The Morgan fingerprint density at radius 3 is 2.33 bits per heavy atom. The minimum Gasteiger partial charge on any atom is -0.351 e. The van der Waals surface area contributed by atoms with Gasteiger partial charge in [-0.2, -0.15) is 13.2 Å². The monoisotopic (exact) mass is 547 g/mol. The summed E-state index contributed by atoms with van der Waals surface area (Å²) in [5, 5.41) is 2.25. The smallest absolute Gasteiger partial charge is 0.351 e. The summed E-state index contributed by atoms with van der Waals surface area (Å²) in [6.07, 6.45) is -3.88. The first-order chi connectivity index (χ1) is 16.7. The summed E-state index contributed by atoms with van der Waals surface area (Å²) < 4.78 is 92.2. The molecule has 0 unspecified atom stereocenters. The molecule has 0 spiro atoms. The van der Waals surface area contributed by atoms with E-state index in [4.69, 9.17) is 11.6 Å². The number of carbonyl (C=O) groups is 1. The van der Waals surface area contributed by atoms with Gasteiger partial charge in [-0.25, -0.2) is 22.2 Å². The standard InChI is InChI=1S/C23H19ClF5N3O3S/c1-12(13-4-7-19(18(26)10-13)32-36(2,34)35)22(33)30-11-15-5-8-20(23(27,28)29)31-21(15)14-3-6-17(25)16(24)9-14/h3-10,12,32H,11H2,1-2H3,(H,30,33)/t12-/m0/s1. The predicted octanol–water partition coefficient (Wildman–Crippen LogP) is 5.49. The molecule has 6 nitrogen and oxygen atoms in total. The van der Waals surface area contributed by atoms with Crippen molar-refractivity contribution in [2.45, 2.75) is 25.6 Å². The van der Waals surface area contributed by atoms with Gasteiger partial charge in [0.1, 0.15) is 17.3 Å². The van der Waals surface area contributed by atoms with E-state index in [0.717, 1.165) is 36.6 Å². The zero-order valence-corrected chi connectivity index (χ0v) is 20.3. The minimum atomic E-state index is -4.74. The third-order valence-corrected chi connectivity index (χ3v) is 5.98. The molecule has 0 bridgehead atoms. The van der Waals surface area contributed by atoms with Crippen LogP contribution in [0.25, 0.3) is 11.3 Å². The Bertz CT molecular complexity index is 1410. The summed E-state index contributed by atoms with van der Waals surface area (Å²) in [5.74, 6) is -3.12. The second-order valence-corrected chi connectivity index (χ2v) is 10.0. The first kappa shape index (κ1) is 27.3. The number of hydrogen-bond acceptors (Lipinski definition) is 4. The van der Waals surface area contributed by atoms with Crippen LogP contribution in [0.15, 0.2) is 48.5 Å². The Morgan fingerprint density at radius 1 is 1.06 bits per heavy atom. The number of halogens is 6. The molecular formula is C23H19ClF5N3O3S. The number of sulfonamides is 1. The van der Waals surface area contributed by atoms with Crippen molar-refractivity contribution in [3.63, 3.8) is 0 Å². The van der Waals surface area contributed by atoms with Gasteiger partial charge in [-0.05, 0) is 54.4 Å². The van der Waals surface area contributed by atoms with Crippen molar-refractivity contribution in [2.75, 3.05) is 11.0 Å². The number of nitrogens with one attached hydrogen (secondary N) is 2. The van der Waals surface area contributed by atoms with E-state index >= 15 is 0 Å². The molecule has 36 heavy (non-hydrogen) atoms. The van der Waals surface area contributed by atoms with Gasteiger partial charge in [-0.15, -0.1) is 0 Å². The van der Waals surface area contributed by atoms with Crippen molar-refractivity contribution in [3.05, 3.63) is 82.0 Å². The molecule has 0 aliphatic heterocycles. The second kappa shape index (κ2) is 10.4. The average Bonchev–Trinajstić information content (AvgIpc) is 2.78. The third kappa shape index (κ3) is 6.70. The molecule has 13 heteroatoms. The molecule has 0 aliphatic carbocycles. The Hall–Kier alpha value is -3.25. The molecule has 0 saturated carbocycles. The molecule has 0 radical (unpaired) electrons. The maximum Gasteiger partial charge on any atom is 0.433 e. The van der Waals surface area contributed by atoms with E-state index in [-0.39, 0.29) is 39.6 Å². The molecule has 2 N–H and O–H groups in total. The number of anilines is 1. The average molecular weight is 548 g/mol.